The fourth-order valence-electron chi connectivity index (χ4n) is 2.03. The number of aromatic nitrogens is 2. The summed E-state index contributed by atoms with van der Waals surface area (Å²) in [5.41, 5.74) is 5.96. The van der Waals surface area contributed by atoms with E-state index in [2.05, 4.69) is 48.2 Å². The van der Waals surface area contributed by atoms with Gasteiger partial charge >= 0.3 is 0 Å². The lowest BCUT2D eigenvalue weighted by atomic mass is 9.96. The molecule has 0 unspecified atom stereocenters. The third-order valence-corrected chi connectivity index (χ3v) is 3.52. The Morgan fingerprint density at radius 2 is 1.75 bits per heavy atom. The van der Waals surface area contributed by atoms with Crippen molar-refractivity contribution in [3.63, 3.8) is 0 Å². The van der Waals surface area contributed by atoms with Crippen LogP contribution < -0.4 is 5.32 Å². The van der Waals surface area contributed by atoms with Crippen molar-refractivity contribution in [2.45, 2.75) is 27.7 Å². The molecular weight excluding hydrogens is 250 g/mol. The molecule has 0 aliphatic carbocycles. The van der Waals surface area contributed by atoms with Crippen molar-refractivity contribution in [1.29, 1.82) is 0 Å². The molecule has 0 aliphatic rings. The normalized spacial score (nSPS) is 10.4. The largest absolute Gasteiger partial charge is 0.347 e. The summed E-state index contributed by atoms with van der Waals surface area (Å²) in [6.45, 7) is 8.12. The van der Waals surface area contributed by atoms with Crippen LogP contribution in [0.1, 0.15) is 23.6 Å². The summed E-state index contributed by atoms with van der Waals surface area (Å²) in [5.74, 6) is 0.535. The number of carbonyl (C=O) groups excluding carboxylic acids is 1. The standard InChI is InChI=1S/C16H19N3O/c1-10-5-6-15(13(4)12(10)3)14-8-18-16(19-9-14)17-7-11(2)20/h5-6,8-9H,7H2,1-4H3,(H,17,18,19). The first-order valence-corrected chi connectivity index (χ1v) is 6.61. The minimum absolute atomic E-state index is 0.0580. The number of nitrogens with one attached hydrogen (secondary N) is 1. The van der Waals surface area contributed by atoms with Crippen molar-refractivity contribution in [2.24, 2.45) is 0 Å². The van der Waals surface area contributed by atoms with Crippen molar-refractivity contribution in [1.82, 2.24) is 9.97 Å². The summed E-state index contributed by atoms with van der Waals surface area (Å²) in [4.78, 5) is 19.4. The van der Waals surface area contributed by atoms with Crippen molar-refractivity contribution in [2.75, 3.05) is 11.9 Å². The zero-order valence-corrected chi connectivity index (χ0v) is 12.3. The van der Waals surface area contributed by atoms with Crippen LogP contribution in [0.4, 0.5) is 5.95 Å². The molecule has 2 aromatic rings. The van der Waals surface area contributed by atoms with Gasteiger partial charge in [0.25, 0.3) is 0 Å². The second-order valence-electron chi connectivity index (χ2n) is 5.03. The van der Waals surface area contributed by atoms with E-state index in [1.165, 1.54) is 23.6 Å². The van der Waals surface area contributed by atoms with E-state index in [1.54, 1.807) is 12.4 Å². The molecule has 1 N–H and O–H groups in total. The summed E-state index contributed by atoms with van der Waals surface area (Å²) in [6.07, 6.45) is 3.57. The maximum absolute atomic E-state index is 10.9. The number of hydrogen-bond acceptors (Lipinski definition) is 4. The lowest BCUT2D eigenvalue weighted by Crippen LogP contribution is -2.11. The van der Waals surface area contributed by atoms with E-state index in [-0.39, 0.29) is 12.3 Å². The smallest absolute Gasteiger partial charge is 0.222 e. The van der Waals surface area contributed by atoms with Gasteiger partial charge in [0, 0.05) is 18.0 Å². The third-order valence-electron chi connectivity index (χ3n) is 3.52. The number of rotatable bonds is 4. The first-order chi connectivity index (χ1) is 9.49. The summed E-state index contributed by atoms with van der Waals surface area (Å²) < 4.78 is 0. The first kappa shape index (κ1) is 14.2. The molecular formula is C16H19N3O. The topological polar surface area (TPSA) is 54.9 Å². The van der Waals surface area contributed by atoms with Gasteiger partial charge < -0.3 is 5.32 Å². The van der Waals surface area contributed by atoms with Crippen LogP contribution in [0.5, 0.6) is 0 Å². The minimum atomic E-state index is 0.0580. The van der Waals surface area contributed by atoms with E-state index in [4.69, 9.17) is 0 Å². The predicted octanol–water partition coefficient (Wildman–Crippen LogP) is 3.07. The molecule has 0 saturated heterocycles. The quantitative estimate of drug-likeness (QED) is 0.926. The Morgan fingerprint density at radius 1 is 1.10 bits per heavy atom. The van der Waals surface area contributed by atoms with E-state index >= 15 is 0 Å². The monoisotopic (exact) mass is 269 g/mol. The van der Waals surface area contributed by atoms with Crippen molar-refractivity contribution in [3.05, 3.63) is 41.2 Å². The van der Waals surface area contributed by atoms with Crippen LogP contribution in [0.2, 0.25) is 0 Å². The average Bonchev–Trinajstić information content (AvgIpc) is 2.43. The van der Waals surface area contributed by atoms with Crippen molar-refractivity contribution >= 4 is 11.7 Å². The van der Waals surface area contributed by atoms with Gasteiger partial charge in [0.15, 0.2) is 0 Å². The summed E-state index contributed by atoms with van der Waals surface area (Å²) >= 11 is 0. The number of benzene rings is 1. The lowest BCUT2D eigenvalue weighted by Gasteiger charge is -2.11. The van der Waals surface area contributed by atoms with E-state index in [1.807, 2.05) is 0 Å². The molecule has 20 heavy (non-hydrogen) atoms. The van der Waals surface area contributed by atoms with Crippen LogP contribution >= 0.6 is 0 Å². The molecule has 1 aromatic heterocycles. The van der Waals surface area contributed by atoms with E-state index in [0.717, 1.165) is 11.1 Å². The Morgan fingerprint density at radius 3 is 2.35 bits per heavy atom. The highest BCUT2D eigenvalue weighted by Crippen LogP contribution is 2.26. The van der Waals surface area contributed by atoms with Gasteiger partial charge in [-0.15, -0.1) is 0 Å². The van der Waals surface area contributed by atoms with Crippen LogP contribution in [0, 0.1) is 20.8 Å². The molecule has 0 radical (unpaired) electrons. The second-order valence-corrected chi connectivity index (χ2v) is 5.03. The molecule has 4 nitrogen and oxygen atoms in total. The molecule has 0 spiro atoms. The lowest BCUT2D eigenvalue weighted by molar-refractivity contribution is -0.115. The fraction of sp³-hybridized carbons (Fsp3) is 0.312. The SMILES string of the molecule is CC(=O)CNc1ncc(-c2ccc(C)c(C)c2C)cn1. The van der Waals surface area contributed by atoms with Gasteiger partial charge in [-0.3, -0.25) is 4.79 Å². The van der Waals surface area contributed by atoms with Gasteiger partial charge in [-0.25, -0.2) is 9.97 Å². The van der Waals surface area contributed by atoms with Crippen LogP contribution in [0.15, 0.2) is 24.5 Å². The molecule has 1 aromatic carbocycles. The molecule has 0 amide bonds. The molecule has 0 atom stereocenters. The molecule has 4 heteroatoms. The molecule has 2 rings (SSSR count). The summed E-state index contributed by atoms with van der Waals surface area (Å²) in [7, 11) is 0. The van der Waals surface area contributed by atoms with Crippen molar-refractivity contribution < 1.29 is 4.79 Å². The maximum atomic E-state index is 10.9. The van der Waals surface area contributed by atoms with Crippen LogP contribution in [-0.4, -0.2) is 22.3 Å². The van der Waals surface area contributed by atoms with Crippen LogP contribution in [-0.2, 0) is 4.79 Å². The van der Waals surface area contributed by atoms with E-state index < -0.39 is 0 Å². The van der Waals surface area contributed by atoms with Crippen molar-refractivity contribution in [3.8, 4) is 11.1 Å². The third kappa shape index (κ3) is 3.02. The van der Waals surface area contributed by atoms with Crippen LogP contribution in [0.25, 0.3) is 11.1 Å². The zero-order valence-electron chi connectivity index (χ0n) is 12.3. The number of nitrogens with zero attached hydrogens (tertiary/aromatic N) is 2. The Hall–Kier alpha value is -2.23. The van der Waals surface area contributed by atoms with Gasteiger partial charge in [0.2, 0.25) is 5.95 Å². The highest BCUT2D eigenvalue weighted by atomic mass is 16.1. The Balaban J connectivity index is 2.26. The number of anilines is 1. The fourth-order valence-corrected chi connectivity index (χ4v) is 2.03. The van der Waals surface area contributed by atoms with Crippen LogP contribution in [0.3, 0.4) is 0 Å². The number of hydrogen-bond donors (Lipinski definition) is 1. The Bertz CT molecular complexity index is 633. The van der Waals surface area contributed by atoms with Gasteiger partial charge in [-0.05, 0) is 49.9 Å². The molecule has 104 valence electrons. The first-order valence-electron chi connectivity index (χ1n) is 6.61. The van der Waals surface area contributed by atoms with Gasteiger partial charge in [0.1, 0.15) is 5.78 Å². The number of ketones is 1. The number of aryl methyl sites for hydroxylation is 1. The predicted molar refractivity (Wildman–Crippen MR) is 80.8 cm³/mol. The molecule has 0 aliphatic heterocycles. The van der Waals surface area contributed by atoms with E-state index in [0.29, 0.717) is 5.95 Å². The highest BCUT2D eigenvalue weighted by Gasteiger charge is 2.07. The van der Waals surface area contributed by atoms with E-state index in [9.17, 15) is 4.79 Å². The van der Waals surface area contributed by atoms with Gasteiger partial charge in [0.05, 0.1) is 6.54 Å². The second kappa shape index (κ2) is 5.82. The van der Waals surface area contributed by atoms with Gasteiger partial charge in [-0.1, -0.05) is 12.1 Å². The highest BCUT2D eigenvalue weighted by molar-refractivity contribution is 5.79. The molecule has 0 bridgehead atoms. The maximum Gasteiger partial charge on any atom is 0.222 e. The summed E-state index contributed by atoms with van der Waals surface area (Å²) in [6, 6.07) is 4.21. The minimum Gasteiger partial charge on any atom is -0.347 e. The zero-order chi connectivity index (χ0) is 14.7. The number of Topliss-reactive ketones (excluding diaryl/α,β-unsaturated/α-hetero) is 1. The average molecular weight is 269 g/mol. The summed E-state index contributed by atoms with van der Waals surface area (Å²) in [5, 5.41) is 2.89. The number of carbonyl (C=O) groups is 1. The Labute approximate surface area is 119 Å². The van der Waals surface area contributed by atoms with Gasteiger partial charge in [-0.2, -0.15) is 0 Å². The molecule has 1 heterocycles. The molecule has 0 fully saturated rings. The Kier molecular flexibility index (Phi) is 4.13. The molecule has 0 saturated carbocycles.